The molecule has 0 aliphatic carbocycles. The van der Waals surface area contributed by atoms with Crippen molar-refractivity contribution in [2.24, 2.45) is 5.41 Å². The van der Waals surface area contributed by atoms with Gasteiger partial charge in [-0.2, -0.15) is 0 Å². The SMILES string of the molecule is CCC(C)c1ccc(OCCn2c(CCCCCNC(=O)C(C)(C)C)nc3ccccc32)cc1. The van der Waals surface area contributed by atoms with Crippen LogP contribution in [0.1, 0.15) is 77.6 Å². The molecule has 1 atom stereocenters. The van der Waals surface area contributed by atoms with Crippen LogP contribution in [0.3, 0.4) is 0 Å². The maximum Gasteiger partial charge on any atom is 0.225 e. The minimum atomic E-state index is -0.330. The Bertz CT molecular complexity index is 1050. The van der Waals surface area contributed by atoms with E-state index in [4.69, 9.17) is 9.72 Å². The van der Waals surface area contributed by atoms with Gasteiger partial charge < -0.3 is 14.6 Å². The highest BCUT2D eigenvalue weighted by Crippen LogP contribution is 2.22. The number of rotatable bonds is 12. The monoisotopic (exact) mass is 463 g/mol. The maximum atomic E-state index is 12.0. The fourth-order valence-corrected chi connectivity index (χ4v) is 4.00. The molecule has 5 heteroatoms. The topological polar surface area (TPSA) is 56.1 Å². The maximum absolute atomic E-state index is 12.0. The lowest BCUT2D eigenvalue weighted by atomic mass is 9.96. The number of nitrogens with one attached hydrogen (secondary N) is 1. The van der Waals surface area contributed by atoms with Crippen molar-refractivity contribution in [3.8, 4) is 5.75 Å². The second kappa shape index (κ2) is 12.0. The average Bonchev–Trinajstić information content (AvgIpc) is 3.17. The Balaban J connectivity index is 1.53. The number of carbonyl (C=O) groups is 1. The van der Waals surface area contributed by atoms with Crippen LogP contribution in [0.4, 0.5) is 0 Å². The van der Waals surface area contributed by atoms with Crippen molar-refractivity contribution in [3.05, 3.63) is 59.9 Å². The van der Waals surface area contributed by atoms with E-state index in [0.717, 1.165) is 67.8 Å². The first kappa shape index (κ1) is 25.8. The zero-order valence-electron chi connectivity index (χ0n) is 21.6. The molecule has 1 amide bonds. The third-order valence-corrected chi connectivity index (χ3v) is 6.42. The predicted molar refractivity (Wildman–Crippen MR) is 140 cm³/mol. The minimum absolute atomic E-state index is 0.115. The van der Waals surface area contributed by atoms with Gasteiger partial charge in [0.2, 0.25) is 5.91 Å². The fraction of sp³-hybridized carbons (Fsp3) is 0.517. The number of unbranched alkanes of at least 4 members (excludes halogenated alkanes) is 2. The van der Waals surface area contributed by atoms with Crippen LogP contribution in [0.15, 0.2) is 48.5 Å². The molecule has 0 saturated heterocycles. The largest absolute Gasteiger partial charge is 0.492 e. The standard InChI is InChI=1S/C29H41N3O2/c1-6-22(2)23-15-17-24(18-16-23)34-21-20-32-26-13-10-9-12-25(26)31-27(32)14-8-7-11-19-30-28(33)29(3,4)5/h9-10,12-13,15-18,22H,6-8,11,14,19-21H2,1-5H3,(H,30,33). The number of hydrogen-bond donors (Lipinski definition) is 1. The molecule has 1 aromatic heterocycles. The summed E-state index contributed by atoms with van der Waals surface area (Å²) in [5, 5.41) is 3.03. The summed E-state index contributed by atoms with van der Waals surface area (Å²) < 4.78 is 8.37. The second-order valence-corrected chi connectivity index (χ2v) is 10.2. The zero-order chi connectivity index (χ0) is 24.6. The number of imidazole rings is 1. The van der Waals surface area contributed by atoms with E-state index < -0.39 is 0 Å². The first-order valence-electron chi connectivity index (χ1n) is 12.7. The van der Waals surface area contributed by atoms with Crippen LogP contribution in [0.2, 0.25) is 0 Å². The van der Waals surface area contributed by atoms with E-state index in [9.17, 15) is 4.79 Å². The molecule has 1 N–H and O–H groups in total. The summed E-state index contributed by atoms with van der Waals surface area (Å²) in [6.45, 7) is 12.4. The van der Waals surface area contributed by atoms with Gasteiger partial charge in [-0.15, -0.1) is 0 Å². The van der Waals surface area contributed by atoms with Crippen LogP contribution in [-0.4, -0.2) is 28.6 Å². The van der Waals surface area contributed by atoms with Crippen molar-refractivity contribution < 1.29 is 9.53 Å². The lowest BCUT2D eigenvalue weighted by Crippen LogP contribution is -2.35. The highest BCUT2D eigenvalue weighted by molar-refractivity contribution is 5.81. The second-order valence-electron chi connectivity index (χ2n) is 10.2. The van der Waals surface area contributed by atoms with Gasteiger partial charge in [-0.1, -0.05) is 65.3 Å². The molecule has 2 aromatic carbocycles. The smallest absolute Gasteiger partial charge is 0.225 e. The number of amides is 1. The summed E-state index contributed by atoms with van der Waals surface area (Å²) in [6, 6.07) is 16.8. The van der Waals surface area contributed by atoms with Crippen molar-refractivity contribution in [2.75, 3.05) is 13.2 Å². The molecule has 1 heterocycles. The van der Waals surface area contributed by atoms with Crippen LogP contribution in [0.5, 0.6) is 5.75 Å². The Hall–Kier alpha value is -2.82. The third-order valence-electron chi connectivity index (χ3n) is 6.42. The lowest BCUT2D eigenvalue weighted by Gasteiger charge is -2.17. The Labute approximate surface area is 204 Å². The molecule has 3 aromatic rings. The average molecular weight is 464 g/mol. The summed E-state index contributed by atoms with van der Waals surface area (Å²) in [4.78, 5) is 16.9. The Morgan fingerprint density at radius 1 is 1.06 bits per heavy atom. The van der Waals surface area contributed by atoms with Crippen LogP contribution >= 0.6 is 0 Å². The van der Waals surface area contributed by atoms with Crippen LogP contribution < -0.4 is 10.1 Å². The molecule has 0 aliphatic heterocycles. The van der Waals surface area contributed by atoms with Crippen molar-refractivity contribution in [1.82, 2.24) is 14.9 Å². The van der Waals surface area contributed by atoms with Gasteiger partial charge in [0.25, 0.3) is 0 Å². The predicted octanol–water partition coefficient (Wildman–Crippen LogP) is 6.50. The van der Waals surface area contributed by atoms with E-state index in [1.807, 2.05) is 26.8 Å². The summed E-state index contributed by atoms with van der Waals surface area (Å²) in [7, 11) is 0. The molecular weight excluding hydrogens is 422 g/mol. The molecule has 0 bridgehead atoms. The molecule has 0 spiro atoms. The van der Waals surface area contributed by atoms with Gasteiger partial charge in [-0.05, 0) is 55.0 Å². The molecule has 34 heavy (non-hydrogen) atoms. The van der Waals surface area contributed by atoms with Gasteiger partial charge in [-0.25, -0.2) is 4.98 Å². The fourth-order valence-electron chi connectivity index (χ4n) is 4.00. The number of aromatic nitrogens is 2. The van der Waals surface area contributed by atoms with Gasteiger partial charge in [0.05, 0.1) is 17.6 Å². The normalized spacial score (nSPS) is 12.6. The van der Waals surface area contributed by atoms with Crippen LogP contribution in [-0.2, 0) is 17.8 Å². The number of ether oxygens (including phenoxy) is 1. The van der Waals surface area contributed by atoms with Crippen LogP contribution in [0, 0.1) is 5.41 Å². The molecule has 0 aliphatic rings. The highest BCUT2D eigenvalue weighted by atomic mass is 16.5. The number of fused-ring (bicyclic) bond motifs is 1. The van der Waals surface area contributed by atoms with Crippen molar-refractivity contribution in [1.29, 1.82) is 0 Å². The van der Waals surface area contributed by atoms with Crippen molar-refractivity contribution in [3.63, 3.8) is 0 Å². The van der Waals surface area contributed by atoms with E-state index in [-0.39, 0.29) is 11.3 Å². The quantitative estimate of drug-likeness (QED) is 0.312. The number of carbonyl (C=O) groups excluding carboxylic acids is 1. The molecule has 3 rings (SSSR count). The van der Waals surface area contributed by atoms with Crippen molar-refractivity contribution >= 4 is 16.9 Å². The van der Waals surface area contributed by atoms with Crippen molar-refractivity contribution in [2.45, 2.75) is 79.2 Å². The molecule has 0 saturated carbocycles. The molecule has 184 valence electrons. The number of para-hydroxylation sites is 2. The van der Waals surface area contributed by atoms with E-state index in [2.05, 4.69) is 66.2 Å². The summed E-state index contributed by atoms with van der Waals surface area (Å²) in [5.41, 5.74) is 3.22. The van der Waals surface area contributed by atoms with Gasteiger partial charge >= 0.3 is 0 Å². The Morgan fingerprint density at radius 3 is 2.50 bits per heavy atom. The lowest BCUT2D eigenvalue weighted by molar-refractivity contribution is -0.128. The number of hydrogen-bond acceptors (Lipinski definition) is 3. The Morgan fingerprint density at radius 2 is 1.79 bits per heavy atom. The first-order chi connectivity index (χ1) is 16.3. The Kier molecular flexibility index (Phi) is 9.14. The summed E-state index contributed by atoms with van der Waals surface area (Å²) in [6.07, 6.45) is 5.16. The summed E-state index contributed by atoms with van der Waals surface area (Å²) in [5.74, 6) is 2.71. The number of aryl methyl sites for hydroxylation is 1. The highest BCUT2D eigenvalue weighted by Gasteiger charge is 2.20. The summed E-state index contributed by atoms with van der Waals surface area (Å²) >= 11 is 0. The van der Waals surface area contributed by atoms with Gasteiger partial charge in [0.15, 0.2) is 0 Å². The van der Waals surface area contributed by atoms with E-state index >= 15 is 0 Å². The zero-order valence-corrected chi connectivity index (χ0v) is 21.6. The third kappa shape index (κ3) is 7.09. The molecule has 0 fully saturated rings. The van der Waals surface area contributed by atoms with E-state index in [1.165, 1.54) is 5.56 Å². The molecular formula is C29H41N3O2. The number of nitrogens with zero attached hydrogens (tertiary/aromatic N) is 2. The van der Waals surface area contributed by atoms with Gasteiger partial charge in [0.1, 0.15) is 18.2 Å². The molecule has 0 radical (unpaired) electrons. The van der Waals surface area contributed by atoms with E-state index in [0.29, 0.717) is 12.5 Å². The van der Waals surface area contributed by atoms with Gasteiger partial charge in [-0.3, -0.25) is 4.79 Å². The minimum Gasteiger partial charge on any atom is -0.492 e. The first-order valence-corrected chi connectivity index (χ1v) is 12.7. The van der Waals surface area contributed by atoms with Crippen LogP contribution in [0.25, 0.3) is 11.0 Å². The van der Waals surface area contributed by atoms with Gasteiger partial charge in [0, 0.05) is 18.4 Å². The molecule has 1 unspecified atom stereocenters. The molecule has 5 nitrogen and oxygen atoms in total. The van der Waals surface area contributed by atoms with E-state index in [1.54, 1.807) is 0 Å². The number of benzene rings is 2.